The molecule has 2 rings (SSSR count). The third-order valence-electron chi connectivity index (χ3n) is 3.09. The van der Waals surface area contributed by atoms with E-state index in [1.807, 2.05) is 0 Å². The minimum atomic E-state index is -1.32. The monoisotopic (exact) mass is 275 g/mol. The predicted octanol–water partition coefficient (Wildman–Crippen LogP) is -3.43. The molecule has 19 heavy (non-hydrogen) atoms. The summed E-state index contributed by atoms with van der Waals surface area (Å²) in [6.07, 6.45) is -4.62. The first kappa shape index (κ1) is 14.0. The number of hydrogen-bond acceptors (Lipinski definition) is 7. The lowest BCUT2D eigenvalue weighted by Gasteiger charge is -2.38. The zero-order chi connectivity index (χ0) is 14.2. The van der Waals surface area contributed by atoms with Crippen LogP contribution < -0.4 is 11.2 Å². The highest BCUT2D eigenvalue weighted by Crippen LogP contribution is 2.24. The second-order valence-corrected chi connectivity index (χ2v) is 4.29. The molecule has 2 saturated heterocycles. The molecule has 2 amide bonds. The van der Waals surface area contributed by atoms with Crippen LogP contribution in [0.15, 0.2) is 4.99 Å². The van der Waals surface area contributed by atoms with Gasteiger partial charge in [0, 0.05) is 7.05 Å². The second kappa shape index (κ2) is 5.27. The summed E-state index contributed by atoms with van der Waals surface area (Å²) in [6, 6.07) is -0.558. The lowest BCUT2D eigenvalue weighted by atomic mass is 10.1. The van der Waals surface area contributed by atoms with Crippen LogP contribution in [0.3, 0.4) is 0 Å². The van der Waals surface area contributed by atoms with Crippen molar-refractivity contribution < 1.29 is 24.9 Å². The fraction of sp³-hybridized carbons (Fsp3) is 0.778. The molecule has 0 aromatic heterocycles. The zero-order valence-electron chi connectivity index (χ0n) is 10.3. The number of nitrogens with one attached hydrogen (secondary N) is 1. The van der Waals surface area contributed by atoms with Crippen LogP contribution in [0.4, 0.5) is 4.79 Å². The van der Waals surface area contributed by atoms with Crippen LogP contribution in [0.5, 0.6) is 0 Å². The van der Waals surface area contributed by atoms with Gasteiger partial charge in [0.25, 0.3) is 0 Å². The van der Waals surface area contributed by atoms with Crippen molar-refractivity contribution in [1.29, 1.82) is 0 Å². The average Bonchev–Trinajstić information content (AvgIpc) is 2.68. The van der Waals surface area contributed by atoms with E-state index in [0.717, 1.165) is 9.91 Å². The maximum absolute atomic E-state index is 11.9. The highest BCUT2D eigenvalue weighted by Gasteiger charge is 2.48. The number of hydrogen-bond donors (Lipinski definition) is 5. The van der Waals surface area contributed by atoms with Crippen molar-refractivity contribution in [3.05, 3.63) is 0 Å². The number of rotatable bonds is 2. The van der Waals surface area contributed by atoms with Crippen LogP contribution in [0.2, 0.25) is 0 Å². The lowest BCUT2D eigenvalue weighted by Crippen LogP contribution is -2.65. The smallest absolute Gasteiger partial charge is 0.327 e. The number of carbonyl (C=O) groups is 1. The molecule has 4 atom stereocenters. The molecule has 10 nitrogen and oxygen atoms in total. The van der Waals surface area contributed by atoms with E-state index in [2.05, 4.69) is 10.3 Å². The number of ether oxygens (including phenoxy) is 1. The maximum Gasteiger partial charge on any atom is 0.327 e. The van der Waals surface area contributed by atoms with E-state index in [-0.39, 0.29) is 12.6 Å². The summed E-state index contributed by atoms with van der Waals surface area (Å²) in [5, 5.41) is 32.1. The molecule has 0 aliphatic carbocycles. The first-order chi connectivity index (χ1) is 8.99. The van der Waals surface area contributed by atoms with Gasteiger partial charge in [0.2, 0.25) is 5.96 Å². The van der Waals surface area contributed by atoms with Gasteiger partial charge in [-0.15, -0.1) is 0 Å². The summed E-state index contributed by atoms with van der Waals surface area (Å²) in [5.74, 6) is 5.84. The molecule has 0 saturated carbocycles. The molecule has 0 unspecified atom stereocenters. The number of urea groups is 1. The lowest BCUT2D eigenvalue weighted by molar-refractivity contribution is -0.0901. The number of nitrogens with zero attached hydrogens (tertiary/aromatic N) is 3. The van der Waals surface area contributed by atoms with Crippen LogP contribution in [-0.4, -0.2) is 82.1 Å². The molecule has 2 aliphatic rings. The molecular weight excluding hydrogens is 258 g/mol. The molecular formula is C9H17N5O5. The summed E-state index contributed by atoms with van der Waals surface area (Å²) in [6.45, 7) is -0.525. The molecule has 0 bridgehead atoms. The Morgan fingerprint density at radius 3 is 2.74 bits per heavy atom. The molecule has 0 radical (unpaired) electrons. The van der Waals surface area contributed by atoms with Crippen LogP contribution in [0, 0.1) is 0 Å². The van der Waals surface area contributed by atoms with E-state index in [9.17, 15) is 15.0 Å². The Morgan fingerprint density at radius 2 is 2.21 bits per heavy atom. The van der Waals surface area contributed by atoms with Crippen molar-refractivity contribution in [2.45, 2.75) is 24.5 Å². The first-order valence-corrected chi connectivity index (χ1v) is 5.68. The van der Waals surface area contributed by atoms with Crippen molar-refractivity contribution in [2.75, 3.05) is 20.3 Å². The highest BCUT2D eigenvalue weighted by atomic mass is 16.6. The number of aliphatic imine (C=N–C) groups is 1. The van der Waals surface area contributed by atoms with Gasteiger partial charge in [-0.05, 0) is 0 Å². The average molecular weight is 275 g/mol. The van der Waals surface area contributed by atoms with Gasteiger partial charge in [-0.1, -0.05) is 0 Å². The Morgan fingerprint density at radius 1 is 1.53 bits per heavy atom. The van der Waals surface area contributed by atoms with E-state index in [1.165, 1.54) is 7.05 Å². The summed E-state index contributed by atoms with van der Waals surface area (Å²) in [5.41, 5.74) is 0. The van der Waals surface area contributed by atoms with Crippen LogP contribution in [0.25, 0.3) is 0 Å². The predicted molar refractivity (Wildman–Crippen MR) is 62.4 cm³/mol. The Kier molecular flexibility index (Phi) is 3.87. The van der Waals surface area contributed by atoms with Gasteiger partial charge < -0.3 is 20.1 Å². The molecule has 0 spiro atoms. The molecule has 0 aromatic carbocycles. The van der Waals surface area contributed by atoms with E-state index >= 15 is 0 Å². The Hall–Kier alpha value is -1.46. The van der Waals surface area contributed by atoms with Crippen molar-refractivity contribution in [2.24, 2.45) is 10.8 Å². The van der Waals surface area contributed by atoms with E-state index in [0.29, 0.717) is 0 Å². The number of aliphatic hydroxyl groups is 3. The minimum Gasteiger partial charge on any atom is -0.394 e. The van der Waals surface area contributed by atoms with Gasteiger partial charge in [0.15, 0.2) is 6.23 Å². The molecule has 0 aromatic rings. The number of aliphatic hydroxyl groups excluding tert-OH is 3. The molecule has 6 N–H and O–H groups in total. The van der Waals surface area contributed by atoms with Gasteiger partial charge in [-0.25, -0.2) is 10.6 Å². The number of nitrogens with two attached hydrogens (primary N) is 1. The summed E-state index contributed by atoms with van der Waals surface area (Å²) < 4.78 is 5.26. The van der Waals surface area contributed by atoms with Crippen LogP contribution >= 0.6 is 0 Å². The van der Waals surface area contributed by atoms with Gasteiger partial charge in [0.05, 0.1) is 6.61 Å². The largest absolute Gasteiger partial charge is 0.394 e. The molecule has 108 valence electrons. The maximum atomic E-state index is 11.9. The van der Waals surface area contributed by atoms with E-state index in [4.69, 9.17) is 15.7 Å². The van der Waals surface area contributed by atoms with Gasteiger partial charge >= 0.3 is 6.03 Å². The van der Waals surface area contributed by atoms with Gasteiger partial charge in [-0.2, -0.15) is 0 Å². The standard InChI is InChI=1S/C9H17N5O5/c1-11-8-12-9(18)13(3-14(8)10)7-6(17)5(16)4(2-15)19-7/h4-7,15-17H,2-3,10H2,1H3,(H,11,12,18)/t4-,5-,6-,7-/m1/s1. The highest BCUT2D eigenvalue weighted by molar-refractivity contribution is 5.97. The topological polar surface area (TPSA) is 144 Å². The fourth-order valence-corrected chi connectivity index (χ4v) is 2.05. The molecule has 10 heteroatoms. The van der Waals surface area contributed by atoms with Crippen molar-refractivity contribution in [3.8, 4) is 0 Å². The molecule has 2 heterocycles. The van der Waals surface area contributed by atoms with Gasteiger partial charge in [0.1, 0.15) is 25.0 Å². The Bertz CT molecular complexity index is 391. The third kappa shape index (κ3) is 2.35. The summed E-state index contributed by atoms with van der Waals surface area (Å²) in [7, 11) is 1.47. The van der Waals surface area contributed by atoms with Crippen LogP contribution in [-0.2, 0) is 4.74 Å². The zero-order valence-corrected chi connectivity index (χ0v) is 10.3. The molecule has 2 fully saturated rings. The van der Waals surface area contributed by atoms with Gasteiger partial charge in [-0.3, -0.25) is 20.2 Å². The number of hydrazine groups is 1. The first-order valence-electron chi connectivity index (χ1n) is 5.68. The normalized spacial score (nSPS) is 37.9. The van der Waals surface area contributed by atoms with Crippen molar-refractivity contribution in [3.63, 3.8) is 0 Å². The third-order valence-corrected chi connectivity index (χ3v) is 3.09. The molecule has 2 aliphatic heterocycles. The fourth-order valence-electron chi connectivity index (χ4n) is 2.05. The summed E-state index contributed by atoms with van der Waals surface area (Å²) in [4.78, 5) is 16.7. The Labute approximate surface area is 109 Å². The SMILES string of the molecule is CN=C1NC(=O)N([C@@H]2O[C@H](CO)[C@@H](O)[C@H]2O)CN1N. The van der Waals surface area contributed by atoms with Crippen molar-refractivity contribution in [1.82, 2.24) is 15.2 Å². The minimum absolute atomic E-state index is 0.0644. The second-order valence-electron chi connectivity index (χ2n) is 4.29. The number of carbonyl (C=O) groups excluding carboxylic acids is 1. The van der Waals surface area contributed by atoms with Crippen molar-refractivity contribution >= 4 is 12.0 Å². The summed E-state index contributed by atoms with van der Waals surface area (Å²) >= 11 is 0. The van der Waals surface area contributed by atoms with E-state index < -0.39 is 37.2 Å². The Balaban J connectivity index is 2.12. The van der Waals surface area contributed by atoms with E-state index in [1.54, 1.807) is 0 Å². The quantitative estimate of drug-likeness (QED) is 0.330. The number of amides is 2. The number of guanidine groups is 1. The van der Waals surface area contributed by atoms with Crippen LogP contribution in [0.1, 0.15) is 0 Å².